The average molecular weight is 322 g/mol. The maximum absolute atomic E-state index is 11.5. The van der Waals surface area contributed by atoms with E-state index in [1.807, 2.05) is 6.07 Å². The zero-order chi connectivity index (χ0) is 17.0. The lowest BCUT2D eigenvalue weighted by Gasteiger charge is -2.33. The van der Waals surface area contributed by atoms with Crippen molar-refractivity contribution in [3.63, 3.8) is 0 Å². The fourth-order valence-electron chi connectivity index (χ4n) is 2.74. The maximum Gasteiger partial charge on any atom is 0.308 e. The molecule has 0 amide bonds. The summed E-state index contributed by atoms with van der Waals surface area (Å²) in [4.78, 5) is 22.5. The Kier molecular flexibility index (Phi) is 5.26. The van der Waals surface area contributed by atoms with Gasteiger partial charge in [0.25, 0.3) is 0 Å². The molecule has 0 aromatic heterocycles. The molecule has 0 saturated carbocycles. The standard InChI is InChI=1S/C17H22O6/c1-11(18)22-14-7-5-12(8-15(14)21-3)4-6-13-9-17(2,20)10-16(19)23-13/h5,7-8,13,20H,4,6,9-10H2,1-3H3. The maximum atomic E-state index is 11.5. The van der Waals surface area contributed by atoms with Crippen molar-refractivity contribution in [2.75, 3.05) is 7.11 Å². The number of cyclic esters (lactones) is 1. The third-order valence-electron chi connectivity index (χ3n) is 3.73. The van der Waals surface area contributed by atoms with E-state index in [1.54, 1.807) is 19.1 Å². The van der Waals surface area contributed by atoms with Crippen molar-refractivity contribution in [3.05, 3.63) is 23.8 Å². The first-order chi connectivity index (χ1) is 10.8. The Hall–Kier alpha value is -2.08. The van der Waals surface area contributed by atoms with E-state index in [1.165, 1.54) is 14.0 Å². The Morgan fingerprint density at radius 1 is 1.43 bits per heavy atom. The van der Waals surface area contributed by atoms with Gasteiger partial charge < -0.3 is 19.3 Å². The summed E-state index contributed by atoms with van der Waals surface area (Å²) >= 11 is 0. The molecule has 0 aliphatic carbocycles. The summed E-state index contributed by atoms with van der Waals surface area (Å²) in [5.74, 6) is 0.0718. The number of benzene rings is 1. The van der Waals surface area contributed by atoms with Gasteiger partial charge in [-0.05, 0) is 37.5 Å². The highest BCUT2D eigenvalue weighted by molar-refractivity contribution is 5.71. The van der Waals surface area contributed by atoms with Gasteiger partial charge >= 0.3 is 11.9 Å². The molecule has 1 aromatic rings. The smallest absolute Gasteiger partial charge is 0.308 e. The molecule has 126 valence electrons. The van der Waals surface area contributed by atoms with Crippen molar-refractivity contribution in [1.29, 1.82) is 0 Å². The summed E-state index contributed by atoms with van der Waals surface area (Å²) in [7, 11) is 1.51. The summed E-state index contributed by atoms with van der Waals surface area (Å²) in [6.07, 6.45) is 1.43. The van der Waals surface area contributed by atoms with Gasteiger partial charge in [0, 0.05) is 13.3 Å². The van der Waals surface area contributed by atoms with E-state index in [0.29, 0.717) is 30.8 Å². The van der Waals surface area contributed by atoms with Crippen molar-refractivity contribution >= 4 is 11.9 Å². The molecule has 1 aliphatic heterocycles. The molecule has 2 unspecified atom stereocenters. The molecule has 6 heteroatoms. The van der Waals surface area contributed by atoms with E-state index in [9.17, 15) is 14.7 Å². The van der Waals surface area contributed by atoms with Gasteiger partial charge in [0.05, 0.1) is 19.1 Å². The van der Waals surface area contributed by atoms with E-state index >= 15 is 0 Å². The van der Waals surface area contributed by atoms with Crippen LogP contribution in [0.15, 0.2) is 18.2 Å². The lowest BCUT2D eigenvalue weighted by Crippen LogP contribution is -2.41. The van der Waals surface area contributed by atoms with Crippen LogP contribution in [0.3, 0.4) is 0 Å². The van der Waals surface area contributed by atoms with Crippen LogP contribution in [-0.4, -0.2) is 35.9 Å². The fraction of sp³-hybridized carbons (Fsp3) is 0.529. The molecule has 1 aliphatic rings. The molecule has 1 fully saturated rings. The summed E-state index contributed by atoms with van der Waals surface area (Å²) < 4.78 is 15.6. The zero-order valence-corrected chi connectivity index (χ0v) is 13.6. The Balaban J connectivity index is 2.00. The third kappa shape index (κ3) is 4.96. The lowest BCUT2D eigenvalue weighted by atomic mass is 9.89. The van der Waals surface area contributed by atoms with E-state index in [2.05, 4.69) is 0 Å². The summed E-state index contributed by atoms with van der Waals surface area (Å²) in [5, 5.41) is 10.0. The first-order valence-electron chi connectivity index (χ1n) is 7.56. The molecule has 2 rings (SSSR count). The Bertz CT molecular complexity index is 593. The van der Waals surface area contributed by atoms with Crippen LogP contribution < -0.4 is 9.47 Å². The average Bonchev–Trinajstić information content (AvgIpc) is 2.43. The van der Waals surface area contributed by atoms with E-state index in [4.69, 9.17) is 14.2 Å². The minimum Gasteiger partial charge on any atom is -0.493 e. The van der Waals surface area contributed by atoms with Crippen molar-refractivity contribution in [2.45, 2.75) is 51.2 Å². The van der Waals surface area contributed by atoms with Gasteiger partial charge in [0.2, 0.25) is 0 Å². The molecule has 1 N–H and O–H groups in total. The van der Waals surface area contributed by atoms with Crippen molar-refractivity contribution in [1.82, 2.24) is 0 Å². The number of hydrogen-bond donors (Lipinski definition) is 1. The number of methoxy groups -OCH3 is 1. The van der Waals surface area contributed by atoms with Crippen LogP contribution in [0.5, 0.6) is 11.5 Å². The van der Waals surface area contributed by atoms with Crippen LogP contribution in [0, 0.1) is 0 Å². The van der Waals surface area contributed by atoms with E-state index in [-0.39, 0.29) is 18.5 Å². The topological polar surface area (TPSA) is 82.1 Å². The Labute approximate surface area is 135 Å². The normalized spacial score (nSPS) is 24.0. The van der Waals surface area contributed by atoms with Gasteiger partial charge in [-0.2, -0.15) is 0 Å². The molecule has 1 heterocycles. The second-order valence-corrected chi connectivity index (χ2v) is 6.11. The largest absolute Gasteiger partial charge is 0.493 e. The van der Waals surface area contributed by atoms with Gasteiger partial charge in [-0.1, -0.05) is 6.07 Å². The minimum atomic E-state index is -1.00. The van der Waals surface area contributed by atoms with Crippen LogP contribution in [0.1, 0.15) is 38.7 Å². The Morgan fingerprint density at radius 2 is 2.17 bits per heavy atom. The predicted octanol–water partition coefficient (Wildman–Crippen LogP) is 2.01. The van der Waals surface area contributed by atoms with Crippen LogP contribution >= 0.6 is 0 Å². The molecule has 1 aromatic carbocycles. The number of rotatable bonds is 5. The summed E-state index contributed by atoms with van der Waals surface area (Å²) in [6.45, 7) is 2.98. The van der Waals surface area contributed by atoms with Crippen molar-refractivity contribution in [2.24, 2.45) is 0 Å². The highest BCUT2D eigenvalue weighted by atomic mass is 16.6. The molecule has 2 atom stereocenters. The monoisotopic (exact) mass is 322 g/mol. The second kappa shape index (κ2) is 7.00. The van der Waals surface area contributed by atoms with Crippen molar-refractivity contribution < 1.29 is 28.9 Å². The van der Waals surface area contributed by atoms with Crippen LogP contribution in [0.4, 0.5) is 0 Å². The summed E-state index contributed by atoms with van der Waals surface area (Å²) in [5.41, 5.74) is -0.0318. The number of ether oxygens (including phenoxy) is 3. The third-order valence-corrected chi connectivity index (χ3v) is 3.73. The molecule has 0 spiro atoms. The SMILES string of the molecule is COc1cc(CCC2CC(C)(O)CC(=O)O2)ccc1OC(C)=O. The number of esters is 2. The first-order valence-corrected chi connectivity index (χ1v) is 7.56. The highest BCUT2D eigenvalue weighted by Crippen LogP contribution is 2.31. The van der Waals surface area contributed by atoms with Crippen LogP contribution in [0.25, 0.3) is 0 Å². The van der Waals surface area contributed by atoms with Gasteiger partial charge in [0.1, 0.15) is 6.10 Å². The first kappa shape index (κ1) is 17.3. The number of aryl methyl sites for hydroxylation is 1. The molecule has 6 nitrogen and oxygen atoms in total. The molecular formula is C17H22O6. The molecule has 23 heavy (non-hydrogen) atoms. The molecule has 0 bridgehead atoms. The highest BCUT2D eigenvalue weighted by Gasteiger charge is 2.35. The quantitative estimate of drug-likeness (QED) is 0.659. The summed E-state index contributed by atoms with van der Waals surface area (Å²) in [6, 6.07) is 5.31. The van der Waals surface area contributed by atoms with Crippen LogP contribution in [0.2, 0.25) is 0 Å². The minimum absolute atomic E-state index is 0.0361. The van der Waals surface area contributed by atoms with Gasteiger partial charge in [-0.25, -0.2) is 0 Å². The Morgan fingerprint density at radius 3 is 2.78 bits per heavy atom. The number of carbonyl (C=O) groups excluding carboxylic acids is 2. The lowest BCUT2D eigenvalue weighted by molar-refractivity contribution is -0.168. The zero-order valence-electron chi connectivity index (χ0n) is 13.6. The fourth-order valence-corrected chi connectivity index (χ4v) is 2.74. The van der Waals surface area contributed by atoms with Gasteiger partial charge in [-0.3, -0.25) is 9.59 Å². The number of aliphatic hydroxyl groups is 1. The predicted molar refractivity (Wildman–Crippen MR) is 82.4 cm³/mol. The van der Waals surface area contributed by atoms with Crippen molar-refractivity contribution in [3.8, 4) is 11.5 Å². The number of hydrogen-bond acceptors (Lipinski definition) is 6. The molecular weight excluding hydrogens is 300 g/mol. The molecule has 0 radical (unpaired) electrons. The van der Waals surface area contributed by atoms with E-state index < -0.39 is 11.6 Å². The van der Waals surface area contributed by atoms with Gasteiger partial charge in [0.15, 0.2) is 11.5 Å². The van der Waals surface area contributed by atoms with E-state index in [0.717, 1.165) is 5.56 Å². The second-order valence-electron chi connectivity index (χ2n) is 6.11. The number of carbonyl (C=O) groups is 2. The van der Waals surface area contributed by atoms with Crippen LogP contribution in [-0.2, 0) is 20.7 Å². The van der Waals surface area contributed by atoms with Gasteiger partial charge in [-0.15, -0.1) is 0 Å². The molecule has 1 saturated heterocycles.